The molecule has 0 bridgehead atoms. The van der Waals surface area contributed by atoms with Gasteiger partial charge in [0.25, 0.3) is 0 Å². The molecule has 20 aromatic rings. The second-order valence-corrected chi connectivity index (χ2v) is 47.6. The van der Waals surface area contributed by atoms with E-state index in [0.29, 0.717) is 0 Å². The molecular formula is C104H88Cl2Si2Zr2-2. The Morgan fingerprint density at radius 1 is 0.209 bits per heavy atom. The van der Waals surface area contributed by atoms with Gasteiger partial charge in [-0.25, -0.2) is 0 Å². The van der Waals surface area contributed by atoms with Crippen LogP contribution in [0.15, 0.2) is 340 Å². The molecule has 0 aliphatic carbocycles. The zero-order valence-electron chi connectivity index (χ0n) is 63.9. The molecule has 0 aromatic heterocycles. The number of hydrogen-bond donors (Lipinski definition) is 0. The summed E-state index contributed by atoms with van der Waals surface area (Å²) < 4.78 is 0. The summed E-state index contributed by atoms with van der Waals surface area (Å²) in [5.74, 6) is 0. The average molecular weight is 1650 g/mol. The van der Waals surface area contributed by atoms with Crippen molar-refractivity contribution in [2.45, 2.75) is 79.6 Å². The molecule has 20 aromatic carbocycles. The van der Waals surface area contributed by atoms with Crippen molar-refractivity contribution >= 4 is 140 Å². The molecule has 0 aliphatic rings. The fraction of sp³-hybridized carbons (Fsp3) is 0.115. The van der Waals surface area contributed by atoms with Gasteiger partial charge in [-0.3, -0.25) is 0 Å². The monoisotopic (exact) mass is 1640 g/mol. The number of benzene rings is 16. The minimum atomic E-state index is 0. The number of hydrogen-bond acceptors (Lipinski definition) is 0. The Balaban J connectivity index is 0.000000124. The largest absolute Gasteiger partial charge is 1.00 e. The molecule has 6 heteroatoms. The minimum absolute atomic E-state index is 0. The van der Waals surface area contributed by atoms with E-state index in [2.05, 4.69) is 394 Å². The molecule has 0 N–H and O–H groups in total. The molecular weight excluding hydrogens is 1560 g/mol. The van der Waals surface area contributed by atoms with E-state index < -0.39 is 0 Å². The number of aryl methyl sites for hydroxylation is 4. The van der Waals surface area contributed by atoms with Crippen LogP contribution in [0, 0.1) is 0 Å². The van der Waals surface area contributed by atoms with Crippen LogP contribution in [0.4, 0.5) is 0 Å². The van der Waals surface area contributed by atoms with Crippen molar-refractivity contribution in [3.05, 3.63) is 362 Å². The third kappa shape index (κ3) is 16.6. The Bertz CT molecular complexity index is 5710. The molecule has 0 aliphatic heterocycles. The van der Waals surface area contributed by atoms with Gasteiger partial charge in [0.15, 0.2) is 0 Å². The normalized spacial score (nSPS) is 11.0. The van der Waals surface area contributed by atoms with E-state index in [1.807, 2.05) is 0 Å². The fourth-order valence-corrected chi connectivity index (χ4v) is 16.1. The van der Waals surface area contributed by atoms with Crippen molar-refractivity contribution in [3.8, 4) is 44.5 Å². The van der Waals surface area contributed by atoms with Crippen LogP contribution in [0.25, 0.3) is 174 Å². The van der Waals surface area contributed by atoms with Gasteiger partial charge >= 0.3 is 83.7 Å². The first kappa shape index (κ1) is 78.9. The zero-order valence-corrected chi connectivity index (χ0v) is 72.3. The van der Waals surface area contributed by atoms with Gasteiger partial charge in [0.1, 0.15) is 0 Å². The quantitative estimate of drug-likeness (QED) is 0.0808. The van der Waals surface area contributed by atoms with E-state index in [0.717, 1.165) is 25.7 Å². The zero-order chi connectivity index (χ0) is 74.4. The summed E-state index contributed by atoms with van der Waals surface area (Å²) >= 11 is 3.48. The van der Waals surface area contributed by atoms with E-state index in [-0.39, 0.29) is 35.7 Å². The van der Waals surface area contributed by atoms with Crippen molar-refractivity contribution in [3.63, 3.8) is 0 Å². The van der Waals surface area contributed by atoms with Crippen LogP contribution in [0.5, 0.6) is 0 Å². The molecule has 0 spiro atoms. The molecule has 0 saturated heterocycles. The van der Waals surface area contributed by atoms with Gasteiger partial charge < -0.3 is 24.8 Å². The van der Waals surface area contributed by atoms with Crippen LogP contribution in [0.2, 0.25) is 26.2 Å². The Kier molecular flexibility index (Phi) is 25.7. The summed E-state index contributed by atoms with van der Waals surface area (Å²) in [5, 5.41) is 31.8. The molecule has 0 atom stereocenters. The Morgan fingerprint density at radius 2 is 0.364 bits per heavy atom. The van der Waals surface area contributed by atoms with Crippen molar-refractivity contribution < 1.29 is 71.5 Å². The first-order valence-electron chi connectivity index (χ1n) is 38.3. The van der Waals surface area contributed by atoms with Crippen LogP contribution >= 0.6 is 0 Å². The molecule has 0 saturated carbocycles. The fourth-order valence-electron chi connectivity index (χ4n) is 16.1. The van der Waals surface area contributed by atoms with Gasteiger partial charge in [-0.1, -0.05) is 268 Å². The van der Waals surface area contributed by atoms with Gasteiger partial charge in [0.2, 0.25) is 0 Å². The van der Waals surface area contributed by atoms with Crippen LogP contribution in [-0.4, -0.2) is 10.9 Å². The van der Waals surface area contributed by atoms with Gasteiger partial charge in [0.05, 0.1) is 0 Å². The summed E-state index contributed by atoms with van der Waals surface area (Å²) in [6.07, 6.45) is 4.30. The molecule has 0 fully saturated rings. The summed E-state index contributed by atoms with van der Waals surface area (Å²) in [6.45, 7) is 18.1. The molecule has 0 unspecified atom stereocenters. The standard InChI is InChI=1S/4C25H19.2C2H6Si.2ClH.2Zr/c4*1-2-17-14-18-10-7-13-23(24(18)15-17)25-21-11-5-3-8-19(21)16-20-9-4-6-12-22(20)25;2*1-3-2;;;;/h4*3-16H,2H2,1H3;2*1-2H3;2*1H;;/q4*-1;;;;;2*+2/p-2. The average Bonchev–Trinajstić information content (AvgIpc) is 1.40. The molecule has 20 rings (SSSR count). The van der Waals surface area contributed by atoms with Gasteiger partial charge in [-0.05, 0) is 158 Å². The van der Waals surface area contributed by atoms with E-state index in [4.69, 9.17) is 0 Å². The van der Waals surface area contributed by atoms with Crippen LogP contribution in [0.1, 0.15) is 49.9 Å². The van der Waals surface area contributed by atoms with Crippen molar-refractivity contribution in [2.24, 2.45) is 0 Å². The third-order valence-electron chi connectivity index (χ3n) is 21.0. The maximum absolute atomic E-state index is 2.36. The Labute approximate surface area is 690 Å². The van der Waals surface area contributed by atoms with Crippen LogP contribution in [0.3, 0.4) is 0 Å². The number of rotatable bonds is 8. The maximum Gasteiger partial charge on any atom is -1.00 e. The van der Waals surface area contributed by atoms with E-state index in [1.54, 1.807) is 46.7 Å². The molecule has 0 heterocycles. The van der Waals surface area contributed by atoms with Gasteiger partial charge in [-0.15, -0.1) is 138 Å². The second kappa shape index (κ2) is 35.9. The number of halogens is 2. The van der Waals surface area contributed by atoms with E-state index >= 15 is 0 Å². The van der Waals surface area contributed by atoms with Crippen LogP contribution in [-0.2, 0) is 72.4 Å². The van der Waals surface area contributed by atoms with Crippen LogP contribution < -0.4 is 24.8 Å². The summed E-state index contributed by atoms with van der Waals surface area (Å²) in [7, 11) is 0. The van der Waals surface area contributed by atoms with E-state index in [1.165, 1.54) is 196 Å². The SMILES string of the molecule is CCc1cc2c(-c3c4ccccc4cc4ccccc34)cccc2[cH-]1.CCc1cc2c(-c3c4ccccc4cc4ccccc34)cccc2[cH-]1.CCc1cc2c(-c3c4ccccc4cc4ccccc34)cccc2[cH-]1.CCc1cc2c(-c3c4ccccc4cc4ccccc34)cccc2[cH-]1.C[Si](C)=[Zr+2].C[Si](C)=[Zr+2].[Cl-].[Cl-]. The predicted octanol–water partition coefficient (Wildman–Crippen LogP) is 24.0. The second-order valence-electron chi connectivity index (χ2n) is 28.9. The minimum Gasteiger partial charge on any atom is -1.00 e. The molecule has 0 nitrogen and oxygen atoms in total. The van der Waals surface area contributed by atoms with Crippen molar-refractivity contribution in [1.82, 2.24) is 0 Å². The summed E-state index contributed by atoms with van der Waals surface area (Å²) in [6, 6.07) is 125. The maximum atomic E-state index is 2.36. The van der Waals surface area contributed by atoms with Gasteiger partial charge in [0, 0.05) is 0 Å². The van der Waals surface area contributed by atoms with E-state index in [9.17, 15) is 0 Å². The molecule has 536 valence electrons. The number of fused-ring (bicyclic) bond motifs is 12. The Morgan fingerprint density at radius 3 is 0.518 bits per heavy atom. The molecule has 0 radical (unpaired) electrons. The first-order valence-corrected chi connectivity index (χ1v) is 50.6. The third-order valence-corrected chi connectivity index (χ3v) is 21.0. The first-order chi connectivity index (χ1) is 52.9. The van der Waals surface area contributed by atoms with Crippen molar-refractivity contribution in [2.75, 3.05) is 0 Å². The summed E-state index contributed by atoms with van der Waals surface area (Å²) in [5.41, 5.74) is 16.8. The summed E-state index contributed by atoms with van der Waals surface area (Å²) in [4.78, 5) is 0. The smallest absolute Gasteiger partial charge is 1.00 e. The van der Waals surface area contributed by atoms with Crippen molar-refractivity contribution in [1.29, 1.82) is 0 Å². The molecule has 110 heavy (non-hydrogen) atoms. The predicted molar refractivity (Wildman–Crippen MR) is 472 cm³/mol. The van der Waals surface area contributed by atoms with Gasteiger partial charge in [-0.2, -0.15) is 24.3 Å². The molecule has 0 amide bonds. The topological polar surface area (TPSA) is 0 Å². The Hall–Kier alpha value is -9.18.